The average molecular weight is 423 g/mol. The third-order valence-electron chi connectivity index (χ3n) is 6.31. The Morgan fingerprint density at radius 1 is 1.06 bits per heavy atom. The van der Waals surface area contributed by atoms with Gasteiger partial charge in [-0.3, -0.25) is 4.79 Å². The lowest BCUT2D eigenvalue weighted by atomic mass is 9.99. The van der Waals surface area contributed by atoms with Gasteiger partial charge in [0, 0.05) is 24.7 Å². The fourth-order valence-corrected chi connectivity index (χ4v) is 4.65. The van der Waals surface area contributed by atoms with Gasteiger partial charge in [-0.25, -0.2) is 9.78 Å². The van der Waals surface area contributed by atoms with Gasteiger partial charge in [0.25, 0.3) is 5.91 Å². The van der Waals surface area contributed by atoms with E-state index in [1.165, 1.54) is 38.4 Å². The van der Waals surface area contributed by atoms with Crippen molar-refractivity contribution in [1.29, 1.82) is 0 Å². The van der Waals surface area contributed by atoms with E-state index < -0.39 is 5.97 Å². The summed E-state index contributed by atoms with van der Waals surface area (Å²) in [6.45, 7) is 5.87. The van der Waals surface area contributed by atoms with Crippen molar-refractivity contribution in [3.63, 3.8) is 0 Å². The number of carbonyl (C=O) groups excluding carboxylic acids is 1. The predicted molar refractivity (Wildman–Crippen MR) is 121 cm³/mol. The van der Waals surface area contributed by atoms with Crippen LogP contribution in [0.3, 0.4) is 0 Å². The van der Waals surface area contributed by atoms with Gasteiger partial charge in [0.1, 0.15) is 11.4 Å². The molecule has 4 rings (SSSR count). The van der Waals surface area contributed by atoms with Gasteiger partial charge in [-0.1, -0.05) is 24.1 Å². The van der Waals surface area contributed by atoms with Crippen molar-refractivity contribution in [1.82, 2.24) is 9.88 Å². The Balaban J connectivity index is 1.45. The Hall–Kier alpha value is -2.93. The highest BCUT2D eigenvalue weighted by molar-refractivity contribution is 6.05. The third-order valence-corrected chi connectivity index (χ3v) is 6.31. The maximum Gasteiger partial charge on any atom is 0.339 e. The number of aromatic carboxylic acids is 1. The number of benzene rings is 1. The van der Waals surface area contributed by atoms with Crippen LogP contribution in [0.5, 0.6) is 0 Å². The molecule has 0 radical (unpaired) electrons. The maximum absolute atomic E-state index is 12.5. The summed E-state index contributed by atoms with van der Waals surface area (Å²) in [6.07, 6.45) is 7.47. The predicted octanol–water partition coefficient (Wildman–Crippen LogP) is 3.80. The van der Waals surface area contributed by atoms with Crippen molar-refractivity contribution < 1.29 is 14.7 Å². The van der Waals surface area contributed by atoms with Crippen molar-refractivity contribution in [3.8, 4) is 0 Å². The van der Waals surface area contributed by atoms with Crippen molar-refractivity contribution in [3.05, 3.63) is 53.2 Å². The second-order valence-corrected chi connectivity index (χ2v) is 8.54. The van der Waals surface area contributed by atoms with Crippen LogP contribution in [0.1, 0.15) is 58.4 Å². The van der Waals surface area contributed by atoms with Gasteiger partial charge in [-0.2, -0.15) is 0 Å². The SMILES string of the molecule is Cc1cccc(C(=O)Nc2cnc(N3CCC(N4CCCCC4)CC3)c(C(=O)O)c2)c1. The quantitative estimate of drug-likeness (QED) is 0.762. The number of hydrogen-bond donors (Lipinski definition) is 2. The van der Waals surface area contributed by atoms with E-state index in [0.29, 0.717) is 23.1 Å². The Labute approximate surface area is 183 Å². The molecular weight excluding hydrogens is 392 g/mol. The Morgan fingerprint density at radius 2 is 1.81 bits per heavy atom. The molecule has 2 aliphatic heterocycles. The molecule has 2 aromatic rings. The number of amides is 1. The standard InChI is InChI=1S/C24H30N4O3/c1-17-6-5-7-18(14-17)23(29)26-19-15-21(24(30)31)22(25-16-19)28-12-8-20(9-13-28)27-10-3-2-4-11-27/h5-7,14-16,20H,2-4,8-13H2,1H3,(H,26,29)(H,30,31). The molecule has 1 aromatic heterocycles. The van der Waals surface area contributed by atoms with Gasteiger partial charge in [-0.05, 0) is 63.9 Å². The van der Waals surface area contributed by atoms with Crippen LogP contribution in [0.15, 0.2) is 36.5 Å². The molecule has 2 saturated heterocycles. The molecule has 0 spiro atoms. The van der Waals surface area contributed by atoms with Crippen LogP contribution in [-0.4, -0.2) is 59.1 Å². The van der Waals surface area contributed by atoms with Gasteiger partial charge in [0.05, 0.1) is 11.9 Å². The molecule has 0 bridgehead atoms. The Bertz CT molecular complexity index is 948. The molecule has 2 aliphatic rings. The molecule has 1 amide bonds. The van der Waals surface area contributed by atoms with Crippen molar-refractivity contribution in [2.75, 3.05) is 36.4 Å². The number of carboxylic acids is 1. The number of rotatable bonds is 5. The van der Waals surface area contributed by atoms with E-state index in [-0.39, 0.29) is 11.5 Å². The monoisotopic (exact) mass is 422 g/mol. The fourth-order valence-electron chi connectivity index (χ4n) is 4.65. The Kier molecular flexibility index (Phi) is 6.51. The van der Waals surface area contributed by atoms with Crippen LogP contribution in [0.25, 0.3) is 0 Å². The molecule has 0 atom stereocenters. The van der Waals surface area contributed by atoms with E-state index in [9.17, 15) is 14.7 Å². The third kappa shape index (κ3) is 5.05. The largest absolute Gasteiger partial charge is 0.478 e. The number of anilines is 2. The molecule has 164 valence electrons. The van der Waals surface area contributed by atoms with E-state index in [4.69, 9.17) is 0 Å². The number of likely N-dealkylation sites (tertiary alicyclic amines) is 1. The summed E-state index contributed by atoms with van der Waals surface area (Å²) < 4.78 is 0. The molecular formula is C24H30N4O3. The molecule has 2 fully saturated rings. The number of aryl methyl sites for hydroxylation is 1. The van der Waals surface area contributed by atoms with Crippen LogP contribution in [0, 0.1) is 6.92 Å². The summed E-state index contributed by atoms with van der Waals surface area (Å²) in [5, 5.41) is 12.5. The molecule has 31 heavy (non-hydrogen) atoms. The first kappa shape index (κ1) is 21.3. The zero-order valence-electron chi connectivity index (χ0n) is 18.0. The first-order chi connectivity index (χ1) is 15.0. The topological polar surface area (TPSA) is 85.8 Å². The molecule has 0 aliphatic carbocycles. The summed E-state index contributed by atoms with van der Waals surface area (Å²) in [5.74, 6) is -0.831. The van der Waals surface area contributed by atoms with E-state index in [2.05, 4.69) is 20.1 Å². The van der Waals surface area contributed by atoms with E-state index in [1.807, 2.05) is 19.1 Å². The number of hydrogen-bond acceptors (Lipinski definition) is 5. The normalized spacial score (nSPS) is 18.0. The highest BCUT2D eigenvalue weighted by atomic mass is 16.4. The van der Waals surface area contributed by atoms with E-state index in [0.717, 1.165) is 31.5 Å². The van der Waals surface area contributed by atoms with Gasteiger partial charge in [-0.15, -0.1) is 0 Å². The lowest BCUT2D eigenvalue weighted by Gasteiger charge is -2.40. The van der Waals surface area contributed by atoms with Gasteiger partial charge in [0.2, 0.25) is 0 Å². The number of carbonyl (C=O) groups is 2. The van der Waals surface area contributed by atoms with Crippen molar-refractivity contribution in [2.45, 2.75) is 45.1 Å². The first-order valence-corrected chi connectivity index (χ1v) is 11.1. The minimum atomic E-state index is -1.03. The number of carboxylic acid groups (broad SMARTS) is 1. The summed E-state index contributed by atoms with van der Waals surface area (Å²) >= 11 is 0. The van der Waals surface area contributed by atoms with Crippen LogP contribution >= 0.6 is 0 Å². The lowest BCUT2D eigenvalue weighted by Crippen LogP contribution is -2.47. The number of nitrogens with zero attached hydrogens (tertiary/aromatic N) is 3. The van der Waals surface area contributed by atoms with Gasteiger partial charge >= 0.3 is 5.97 Å². The zero-order valence-corrected chi connectivity index (χ0v) is 18.0. The molecule has 0 unspecified atom stereocenters. The van der Waals surface area contributed by atoms with Crippen LogP contribution in [0.2, 0.25) is 0 Å². The highest BCUT2D eigenvalue weighted by Crippen LogP contribution is 2.27. The molecule has 7 nitrogen and oxygen atoms in total. The number of nitrogens with one attached hydrogen (secondary N) is 1. The van der Waals surface area contributed by atoms with Crippen LogP contribution in [0.4, 0.5) is 11.5 Å². The molecule has 2 N–H and O–H groups in total. The second kappa shape index (κ2) is 9.47. The average Bonchev–Trinajstić information content (AvgIpc) is 2.80. The van der Waals surface area contributed by atoms with Gasteiger partial charge < -0.3 is 20.2 Å². The van der Waals surface area contributed by atoms with Gasteiger partial charge in [0.15, 0.2) is 0 Å². The number of aromatic nitrogens is 1. The van der Waals surface area contributed by atoms with Crippen molar-refractivity contribution >= 4 is 23.4 Å². The summed E-state index contributed by atoms with van der Waals surface area (Å²) in [4.78, 5) is 33.6. The van der Waals surface area contributed by atoms with E-state index >= 15 is 0 Å². The zero-order chi connectivity index (χ0) is 21.8. The second-order valence-electron chi connectivity index (χ2n) is 8.54. The van der Waals surface area contributed by atoms with Crippen LogP contribution < -0.4 is 10.2 Å². The molecule has 1 aromatic carbocycles. The molecule has 3 heterocycles. The molecule has 0 saturated carbocycles. The number of pyridine rings is 1. The first-order valence-electron chi connectivity index (χ1n) is 11.1. The minimum absolute atomic E-state index is 0.124. The maximum atomic E-state index is 12.5. The summed E-state index contributed by atoms with van der Waals surface area (Å²) in [7, 11) is 0. The summed E-state index contributed by atoms with van der Waals surface area (Å²) in [6, 6.07) is 9.36. The smallest absolute Gasteiger partial charge is 0.339 e. The van der Waals surface area contributed by atoms with E-state index in [1.54, 1.807) is 18.3 Å². The Morgan fingerprint density at radius 3 is 2.48 bits per heavy atom. The highest BCUT2D eigenvalue weighted by Gasteiger charge is 2.28. The number of piperidine rings is 2. The van der Waals surface area contributed by atoms with Crippen LogP contribution in [-0.2, 0) is 0 Å². The molecule has 7 heteroatoms. The minimum Gasteiger partial charge on any atom is -0.478 e. The fraction of sp³-hybridized carbons (Fsp3) is 0.458. The summed E-state index contributed by atoms with van der Waals surface area (Å²) in [5.41, 5.74) is 2.02. The van der Waals surface area contributed by atoms with Crippen molar-refractivity contribution in [2.24, 2.45) is 0 Å². The lowest BCUT2D eigenvalue weighted by molar-refractivity contribution is 0.0696.